The van der Waals surface area contributed by atoms with Gasteiger partial charge in [0.05, 0.1) is 30.4 Å². The van der Waals surface area contributed by atoms with Crippen LogP contribution in [0.4, 0.5) is 24.5 Å². The fourth-order valence-electron chi connectivity index (χ4n) is 5.70. The topological polar surface area (TPSA) is 146 Å². The number of ether oxygens (including phenoxy) is 3. The molecule has 1 aliphatic heterocycles. The highest BCUT2D eigenvalue weighted by Crippen LogP contribution is 2.52. The van der Waals surface area contributed by atoms with Crippen molar-refractivity contribution in [2.75, 3.05) is 31.7 Å². The first-order valence-corrected chi connectivity index (χ1v) is 16.8. The van der Waals surface area contributed by atoms with Crippen LogP contribution in [0, 0.1) is 10.1 Å². The van der Waals surface area contributed by atoms with Crippen molar-refractivity contribution in [2.24, 2.45) is 10.2 Å². The number of benzene rings is 4. The van der Waals surface area contributed by atoms with Gasteiger partial charge in [0, 0.05) is 23.6 Å². The number of halogens is 3. The fraction of sp³-hybridized carbons (Fsp3) is 0.351. The molecule has 0 aliphatic carbocycles. The Morgan fingerprint density at radius 1 is 0.712 bits per heavy atom. The lowest BCUT2D eigenvalue weighted by Gasteiger charge is -2.26. The van der Waals surface area contributed by atoms with Crippen LogP contribution in [0.15, 0.2) is 99.8 Å². The van der Waals surface area contributed by atoms with Crippen molar-refractivity contribution in [1.82, 2.24) is 10.3 Å². The van der Waals surface area contributed by atoms with Crippen molar-refractivity contribution in [3.8, 4) is 17.2 Å². The van der Waals surface area contributed by atoms with E-state index < -0.39 is 16.8 Å². The summed E-state index contributed by atoms with van der Waals surface area (Å²) < 4.78 is 61.7. The number of non-ortho nitro benzene ring substituents is 1. The van der Waals surface area contributed by atoms with Gasteiger partial charge in [0.1, 0.15) is 17.2 Å². The first kappa shape index (κ1) is 36.1. The second-order valence-corrected chi connectivity index (χ2v) is 12.8. The SMILES string of the molecule is CC(C)(c1ccc(OCCCCNc2ccc([N+](=O)[O-])c3nonc23)cc1)c1ccc(OCCCCOc2ccc(C3(C(F)(F)F)N=N3)cc2)cc1. The first-order valence-electron chi connectivity index (χ1n) is 16.8. The van der Waals surface area contributed by atoms with E-state index in [2.05, 4.69) is 64.0 Å². The summed E-state index contributed by atoms with van der Waals surface area (Å²) >= 11 is 0. The van der Waals surface area contributed by atoms with Gasteiger partial charge in [0.15, 0.2) is 5.52 Å². The quantitative estimate of drug-likeness (QED) is 0.0532. The smallest absolute Gasteiger partial charge is 0.442 e. The van der Waals surface area contributed by atoms with Crippen molar-refractivity contribution in [3.63, 3.8) is 0 Å². The predicted octanol–water partition coefficient (Wildman–Crippen LogP) is 9.15. The Bertz CT molecular complexity index is 1990. The fourth-order valence-corrected chi connectivity index (χ4v) is 5.70. The molecule has 0 unspecified atom stereocenters. The highest BCUT2D eigenvalue weighted by Gasteiger charge is 2.65. The summed E-state index contributed by atoms with van der Waals surface area (Å²) in [6, 6.07) is 24.8. The van der Waals surface area contributed by atoms with Crippen LogP contribution in [0.1, 0.15) is 56.2 Å². The Labute approximate surface area is 297 Å². The molecule has 2 heterocycles. The van der Waals surface area contributed by atoms with Crippen molar-refractivity contribution in [3.05, 3.63) is 112 Å². The largest absolute Gasteiger partial charge is 0.494 e. The standard InChI is InChI=1S/C37H37F3N6O6/c1-35(2,25-7-13-28(14-8-25)49-22-4-3-21-41-31-19-20-32(46(47)48)34-33(31)42-52-43-34)26-9-15-29(16-10-26)50-23-5-6-24-51-30-17-11-27(12-18-30)36(44-45-36)37(38,39)40/h7-20,41H,3-6,21-24H2,1-2H3. The van der Waals surface area contributed by atoms with E-state index in [1.807, 2.05) is 24.3 Å². The summed E-state index contributed by atoms with van der Waals surface area (Å²) in [6.07, 6.45) is -1.47. The van der Waals surface area contributed by atoms with Gasteiger partial charge in [-0.3, -0.25) is 10.1 Å². The number of alkyl halides is 3. The average molecular weight is 719 g/mol. The summed E-state index contributed by atoms with van der Waals surface area (Å²) in [4.78, 5) is 10.7. The van der Waals surface area contributed by atoms with E-state index in [-0.39, 0.29) is 22.2 Å². The van der Waals surface area contributed by atoms with Crippen LogP contribution in [0.25, 0.3) is 11.0 Å². The van der Waals surface area contributed by atoms with Crippen LogP contribution < -0.4 is 19.5 Å². The zero-order valence-electron chi connectivity index (χ0n) is 28.6. The molecule has 6 rings (SSSR count). The molecule has 0 fully saturated rings. The highest BCUT2D eigenvalue weighted by molar-refractivity contribution is 5.93. The maximum Gasteiger partial charge on any atom is 0.442 e. The predicted molar refractivity (Wildman–Crippen MR) is 186 cm³/mol. The zero-order valence-corrected chi connectivity index (χ0v) is 28.6. The van der Waals surface area contributed by atoms with Crippen molar-refractivity contribution in [1.29, 1.82) is 0 Å². The molecule has 5 aromatic rings. The minimum Gasteiger partial charge on any atom is -0.494 e. The molecule has 272 valence electrons. The van der Waals surface area contributed by atoms with E-state index >= 15 is 0 Å². The van der Waals surface area contributed by atoms with Crippen molar-refractivity contribution >= 4 is 22.4 Å². The number of hydrogen-bond donors (Lipinski definition) is 1. The molecule has 0 bridgehead atoms. The molecule has 0 saturated carbocycles. The molecule has 0 radical (unpaired) electrons. The highest BCUT2D eigenvalue weighted by atomic mass is 19.4. The van der Waals surface area contributed by atoms with Gasteiger partial charge in [-0.1, -0.05) is 50.2 Å². The van der Waals surface area contributed by atoms with E-state index in [0.29, 0.717) is 43.3 Å². The molecular formula is C37H37F3N6O6. The van der Waals surface area contributed by atoms with E-state index in [4.69, 9.17) is 18.8 Å². The first-order chi connectivity index (χ1) is 25.0. The molecule has 0 saturated heterocycles. The number of unbranched alkanes of at least 4 members (excludes halogenated alkanes) is 2. The number of nitro groups is 1. The Hall–Kier alpha value is -5.73. The molecule has 0 spiro atoms. The van der Waals surface area contributed by atoms with E-state index in [0.717, 1.165) is 48.3 Å². The second-order valence-electron chi connectivity index (χ2n) is 12.8. The van der Waals surface area contributed by atoms with E-state index in [1.165, 1.54) is 30.3 Å². The van der Waals surface area contributed by atoms with Gasteiger partial charge in [-0.05, 0) is 89.6 Å². The normalized spacial score (nSPS) is 13.6. The number of aromatic nitrogens is 2. The van der Waals surface area contributed by atoms with Gasteiger partial charge in [-0.15, -0.1) is 10.2 Å². The van der Waals surface area contributed by atoms with Gasteiger partial charge in [0.25, 0.3) is 0 Å². The Morgan fingerprint density at radius 3 is 1.67 bits per heavy atom. The average Bonchev–Trinajstić information content (AvgIpc) is 3.82. The van der Waals surface area contributed by atoms with Gasteiger partial charge < -0.3 is 19.5 Å². The molecule has 4 aromatic carbocycles. The summed E-state index contributed by atoms with van der Waals surface area (Å²) in [7, 11) is 0. The van der Waals surface area contributed by atoms with Crippen molar-refractivity contribution < 1.29 is 36.9 Å². The maximum absolute atomic E-state index is 13.2. The lowest BCUT2D eigenvalue weighted by molar-refractivity contribution is -0.383. The lowest BCUT2D eigenvalue weighted by Crippen LogP contribution is -2.29. The number of nitrogens with zero attached hydrogens (tertiary/aromatic N) is 5. The van der Waals surface area contributed by atoms with Crippen LogP contribution in [-0.4, -0.2) is 47.8 Å². The van der Waals surface area contributed by atoms with Crippen molar-refractivity contribution in [2.45, 2.75) is 56.8 Å². The van der Waals surface area contributed by atoms with Gasteiger partial charge in [-0.25, -0.2) is 4.63 Å². The second kappa shape index (κ2) is 15.3. The number of fused-ring (bicyclic) bond motifs is 1. The molecular weight excluding hydrogens is 681 g/mol. The number of nitro benzene ring substituents is 1. The molecule has 12 nitrogen and oxygen atoms in total. The summed E-state index contributed by atoms with van der Waals surface area (Å²) in [6.45, 7) is 6.41. The Balaban J connectivity index is 0.873. The zero-order chi connectivity index (χ0) is 36.8. The molecule has 1 aromatic heterocycles. The van der Waals surface area contributed by atoms with Crippen LogP contribution in [0.3, 0.4) is 0 Å². The third kappa shape index (κ3) is 8.08. The summed E-state index contributed by atoms with van der Waals surface area (Å²) in [5.41, 5.74) is 0.502. The van der Waals surface area contributed by atoms with Crippen LogP contribution in [0.2, 0.25) is 0 Å². The third-order valence-electron chi connectivity index (χ3n) is 8.93. The number of anilines is 1. The molecule has 1 N–H and O–H groups in total. The van der Waals surface area contributed by atoms with Gasteiger partial charge >= 0.3 is 17.5 Å². The molecule has 52 heavy (non-hydrogen) atoms. The maximum atomic E-state index is 13.2. The minimum absolute atomic E-state index is 0.0225. The number of hydrogen-bond acceptors (Lipinski definition) is 11. The van der Waals surface area contributed by atoms with Gasteiger partial charge in [-0.2, -0.15) is 13.2 Å². The molecule has 15 heteroatoms. The molecule has 1 aliphatic rings. The third-order valence-corrected chi connectivity index (χ3v) is 8.93. The Morgan fingerprint density at radius 2 is 1.19 bits per heavy atom. The summed E-state index contributed by atoms with van der Waals surface area (Å²) in [5.74, 6) is 2.03. The molecule has 0 amide bonds. The van der Waals surface area contributed by atoms with E-state index in [9.17, 15) is 23.3 Å². The van der Waals surface area contributed by atoms with Crippen LogP contribution >= 0.6 is 0 Å². The number of rotatable bonds is 18. The van der Waals surface area contributed by atoms with Crippen LogP contribution in [0.5, 0.6) is 17.2 Å². The monoisotopic (exact) mass is 718 g/mol. The molecule has 0 atom stereocenters. The Kier molecular flexibility index (Phi) is 10.6. The summed E-state index contributed by atoms with van der Waals surface area (Å²) in [5, 5.41) is 28.3. The van der Waals surface area contributed by atoms with E-state index in [1.54, 1.807) is 6.07 Å². The number of nitrogens with one attached hydrogen (secondary N) is 1. The van der Waals surface area contributed by atoms with Gasteiger partial charge in [0.2, 0.25) is 5.52 Å². The van der Waals surface area contributed by atoms with Crippen LogP contribution in [-0.2, 0) is 11.1 Å². The minimum atomic E-state index is -4.55. The lowest BCUT2D eigenvalue weighted by atomic mass is 9.78.